The number of rotatable bonds is 3. The van der Waals surface area contributed by atoms with Crippen LogP contribution in [-0.2, 0) is 0 Å². The van der Waals surface area contributed by atoms with Crippen LogP contribution in [0, 0.1) is 6.42 Å². The molecule has 3 aromatic rings. The largest absolute Gasteiger partial charge is 0.0622 e. The molecule has 0 fully saturated rings. The quantitative estimate of drug-likeness (QED) is 0.595. The van der Waals surface area contributed by atoms with Gasteiger partial charge in [0.25, 0.3) is 0 Å². The predicted octanol–water partition coefficient (Wildman–Crippen LogP) is 5.20. The first kappa shape index (κ1) is 12.0. The van der Waals surface area contributed by atoms with Gasteiger partial charge in [0.15, 0.2) is 0 Å². The highest BCUT2D eigenvalue weighted by atomic mass is 14.1. The molecule has 93 valence electrons. The maximum Gasteiger partial charge on any atom is -0.00148 e. The van der Waals surface area contributed by atoms with Crippen LogP contribution in [0.15, 0.2) is 72.8 Å². The van der Waals surface area contributed by atoms with Crippen molar-refractivity contribution < 1.29 is 0 Å². The molecular formula is C19H17. The second kappa shape index (κ2) is 5.27. The first-order valence-electron chi connectivity index (χ1n) is 6.72. The lowest BCUT2D eigenvalue weighted by Gasteiger charge is -2.13. The summed E-state index contributed by atoms with van der Waals surface area (Å²) in [6.07, 6.45) is 2.34. The van der Waals surface area contributed by atoms with Crippen molar-refractivity contribution in [1.82, 2.24) is 0 Å². The summed E-state index contributed by atoms with van der Waals surface area (Å²) in [5.41, 5.74) is 2.67. The molecule has 0 bridgehead atoms. The fourth-order valence-corrected chi connectivity index (χ4v) is 2.52. The average Bonchev–Trinajstić information content (AvgIpc) is 2.48. The number of hydrogen-bond donors (Lipinski definition) is 0. The van der Waals surface area contributed by atoms with Crippen molar-refractivity contribution in [3.05, 3.63) is 90.3 Å². The van der Waals surface area contributed by atoms with Crippen molar-refractivity contribution in [2.24, 2.45) is 0 Å². The summed E-state index contributed by atoms with van der Waals surface area (Å²) in [6, 6.07) is 25.7. The molecule has 0 heteroatoms. The first-order valence-corrected chi connectivity index (χ1v) is 6.72. The Morgan fingerprint density at radius 2 is 1.42 bits per heavy atom. The van der Waals surface area contributed by atoms with E-state index in [0.29, 0.717) is 5.92 Å². The fraction of sp³-hybridized carbons (Fsp3) is 0.105. The summed E-state index contributed by atoms with van der Waals surface area (Å²) in [4.78, 5) is 0. The fourth-order valence-electron chi connectivity index (χ4n) is 2.52. The highest BCUT2D eigenvalue weighted by Gasteiger charge is 2.08. The van der Waals surface area contributed by atoms with E-state index in [2.05, 4.69) is 86.1 Å². The van der Waals surface area contributed by atoms with Crippen LogP contribution >= 0.6 is 0 Å². The molecule has 3 rings (SSSR count). The topological polar surface area (TPSA) is 0 Å². The van der Waals surface area contributed by atoms with E-state index in [-0.39, 0.29) is 0 Å². The summed E-state index contributed by atoms with van der Waals surface area (Å²) in [7, 11) is 0. The van der Waals surface area contributed by atoms with Gasteiger partial charge in [-0.2, -0.15) is 0 Å². The van der Waals surface area contributed by atoms with Crippen LogP contribution in [0.1, 0.15) is 24.0 Å². The van der Waals surface area contributed by atoms with Crippen molar-refractivity contribution >= 4 is 10.8 Å². The summed E-state index contributed by atoms with van der Waals surface area (Å²) in [5, 5.41) is 2.63. The third kappa shape index (κ3) is 2.53. The van der Waals surface area contributed by atoms with Crippen molar-refractivity contribution in [3.63, 3.8) is 0 Å². The van der Waals surface area contributed by atoms with Crippen molar-refractivity contribution in [1.29, 1.82) is 0 Å². The molecule has 0 spiro atoms. The second-order valence-electron chi connectivity index (χ2n) is 4.93. The zero-order chi connectivity index (χ0) is 13.1. The maximum atomic E-state index is 2.34. The average molecular weight is 245 g/mol. The lowest BCUT2D eigenvalue weighted by Crippen LogP contribution is -1.96. The molecule has 0 aliphatic rings. The Balaban J connectivity index is 1.94. The van der Waals surface area contributed by atoms with E-state index < -0.39 is 0 Å². The summed E-state index contributed by atoms with van der Waals surface area (Å²) < 4.78 is 0. The van der Waals surface area contributed by atoms with Crippen LogP contribution in [-0.4, -0.2) is 0 Å². The zero-order valence-electron chi connectivity index (χ0n) is 11.1. The Kier molecular flexibility index (Phi) is 3.33. The third-order valence-corrected chi connectivity index (χ3v) is 3.58. The molecule has 0 heterocycles. The molecule has 1 radical (unpaired) electrons. The van der Waals surface area contributed by atoms with Crippen molar-refractivity contribution in [3.8, 4) is 0 Å². The second-order valence-corrected chi connectivity index (χ2v) is 4.93. The molecule has 1 unspecified atom stereocenters. The molecule has 0 saturated heterocycles. The van der Waals surface area contributed by atoms with Crippen LogP contribution in [0.3, 0.4) is 0 Å². The van der Waals surface area contributed by atoms with Gasteiger partial charge < -0.3 is 0 Å². The van der Waals surface area contributed by atoms with Gasteiger partial charge in [-0.1, -0.05) is 79.7 Å². The molecule has 0 aliphatic heterocycles. The Morgan fingerprint density at radius 3 is 2.26 bits per heavy atom. The number of fused-ring (bicyclic) bond motifs is 1. The molecule has 0 aromatic heterocycles. The number of hydrogen-bond acceptors (Lipinski definition) is 0. The van der Waals surface area contributed by atoms with E-state index in [1.807, 2.05) is 0 Å². The molecule has 0 N–H and O–H groups in total. The van der Waals surface area contributed by atoms with Gasteiger partial charge in [0.05, 0.1) is 0 Å². The zero-order valence-corrected chi connectivity index (χ0v) is 11.1. The minimum Gasteiger partial charge on any atom is -0.0622 e. The predicted molar refractivity (Wildman–Crippen MR) is 82.2 cm³/mol. The van der Waals surface area contributed by atoms with Gasteiger partial charge in [-0.3, -0.25) is 0 Å². The molecule has 0 saturated carbocycles. The van der Waals surface area contributed by atoms with Crippen LogP contribution in [0.4, 0.5) is 0 Å². The van der Waals surface area contributed by atoms with Gasteiger partial charge in [0.2, 0.25) is 0 Å². The maximum absolute atomic E-state index is 2.34. The summed E-state index contributed by atoms with van der Waals surface area (Å²) in [6.45, 7) is 2.25. The highest BCUT2D eigenvalue weighted by molar-refractivity contribution is 5.86. The SMILES string of the molecule is CC([CH]c1cccc2ccccc12)c1ccccc1. The van der Waals surface area contributed by atoms with E-state index in [4.69, 9.17) is 0 Å². The Hall–Kier alpha value is -2.08. The van der Waals surface area contributed by atoms with Crippen molar-refractivity contribution in [2.45, 2.75) is 12.8 Å². The number of benzene rings is 3. The van der Waals surface area contributed by atoms with Gasteiger partial charge in [0.1, 0.15) is 0 Å². The normalized spacial score (nSPS) is 12.5. The monoisotopic (exact) mass is 245 g/mol. The third-order valence-electron chi connectivity index (χ3n) is 3.58. The van der Waals surface area contributed by atoms with E-state index in [0.717, 1.165) is 0 Å². The van der Waals surface area contributed by atoms with E-state index in [9.17, 15) is 0 Å². The summed E-state index contributed by atoms with van der Waals surface area (Å²) >= 11 is 0. The molecular weight excluding hydrogens is 228 g/mol. The van der Waals surface area contributed by atoms with E-state index >= 15 is 0 Å². The minimum atomic E-state index is 0.423. The molecule has 0 nitrogen and oxygen atoms in total. The van der Waals surface area contributed by atoms with Gasteiger partial charge in [-0.25, -0.2) is 0 Å². The Morgan fingerprint density at radius 1 is 0.737 bits per heavy atom. The van der Waals surface area contributed by atoms with Gasteiger partial charge in [0, 0.05) is 0 Å². The molecule has 3 aromatic carbocycles. The molecule has 1 atom stereocenters. The van der Waals surface area contributed by atoms with Crippen LogP contribution in [0.2, 0.25) is 0 Å². The Bertz CT molecular complexity index is 662. The lowest BCUT2D eigenvalue weighted by molar-refractivity contribution is 0.907. The van der Waals surface area contributed by atoms with Crippen LogP contribution in [0.5, 0.6) is 0 Å². The summed E-state index contributed by atoms with van der Waals surface area (Å²) in [5.74, 6) is 0.423. The van der Waals surface area contributed by atoms with Gasteiger partial charge in [-0.05, 0) is 34.2 Å². The van der Waals surface area contributed by atoms with Gasteiger partial charge in [-0.15, -0.1) is 0 Å². The van der Waals surface area contributed by atoms with E-state index in [1.165, 1.54) is 21.9 Å². The lowest BCUT2D eigenvalue weighted by atomic mass is 9.91. The van der Waals surface area contributed by atoms with Gasteiger partial charge >= 0.3 is 0 Å². The molecule has 19 heavy (non-hydrogen) atoms. The minimum absolute atomic E-state index is 0.423. The van der Waals surface area contributed by atoms with Crippen LogP contribution in [0.25, 0.3) is 10.8 Å². The smallest absolute Gasteiger partial charge is 0.00148 e. The Labute approximate surface area is 114 Å². The molecule has 0 aliphatic carbocycles. The molecule has 0 amide bonds. The standard InChI is InChI=1S/C19H17/c1-15(16-8-3-2-4-9-16)14-18-12-7-11-17-10-5-6-13-19(17)18/h2-15H,1H3. The van der Waals surface area contributed by atoms with E-state index in [1.54, 1.807) is 0 Å². The highest BCUT2D eigenvalue weighted by Crippen LogP contribution is 2.27. The van der Waals surface area contributed by atoms with Crippen LogP contribution < -0.4 is 0 Å². The first-order chi connectivity index (χ1) is 9.34. The van der Waals surface area contributed by atoms with Crippen molar-refractivity contribution in [2.75, 3.05) is 0 Å².